The highest BCUT2D eigenvalue weighted by Crippen LogP contribution is 2.37. The average Bonchev–Trinajstić information content (AvgIpc) is 3.05. The van der Waals surface area contributed by atoms with Gasteiger partial charge in [-0.2, -0.15) is 0 Å². The number of hydrogen-bond acceptors (Lipinski definition) is 3. The lowest BCUT2D eigenvalue weighted by Gasteiger charge is -2.25. The standard InChI is InChI=1S/C29H30N2O2/c1-6-30(18-23-10-8-7-9-11-23)27-26(24-14-13-20(3)21(4)17-24)28(32)31(29(27)33)25-15-12-19(2)16-22(25)5/h7-17H,6,18H2,1-5H3. The molecule has 1 heterocycles. The first kappa shape index (κ1) is 22.5. The predicted octanol–water partition coefficient (Wildman–Crippen LogP) is 5.73. The Hall–Kier alpha value is -3.66. The molecule has 0 radical (unpaired) electrons. The second-order valence-electron chi connectivity index (χ2n) is 8.76. The van der Waals surface area contributed by atoms with Crippen LogP contribution in [-0.4, -0.2) is 23.3 Å². The molecule has 0 spiro atoms. The van der Waals surface area contributed by atoms with Gasteiger partial charge in [-0.15, -0.1) is 0 Å². The van der Waals surface area contributed by atoms with E-state index in [9.17, 15) is 9.59 Å². The minimum absolute atomic E-state index is 0.266. The zero-order valence-electron chi connectivity index (χ0n) is 20.0. The van der Waals surface area contributed by atoms with Crippen molar-refractivity contribution in [3.05, 3.63) is 106 Å². The van der Waals surface area contributed by atoms with Gasteiger partial charge in [-0.05, 0) is 68.5 Å². The minimum atomic E-state index is -0.267. The molecule has 0 aliphatic carbocycles. The Morgan fingerprint density at radius 1 is 0.758 bits per heavy atom. The maximum absolute atomic E-state index is 13.9. The molecule has 0 unspecified atom stereocenters. The van der Waals surface area contributed by atoms with Crippen LogP contribution in [0.5, 0.6) is 0 Å². The lowest BCUT2D eigenvalue weighted by Crippen LogP contribution is -2.35. The van der Waals surface area contributed by atoms with Gasteiger partial charge in [0.15, 0.2) is 0 Å². The Morgan fingerprint density at radius 3 is 2.12 bits per heavy atom. The van der Waals surface area contributed by atoms with E-state index in [0.717, 1.165) is 33.4 Å². The number of hydrogen-bond donors (Lipinski definition) is 0. The fraction of sp³-hybridized carbons (Fsp3) is 0.241. The Balaban J connectivity index is 1.87. The summed E-state index contributed by atoms with van der Waals surface area (Å²) in [4.78, 5) is 31.1. The van der Waals surface area contributed by atoms with Crippen LogP contribution < -0.4 is 4.90 Å². The molecule has 0 saturated heterocycles. The van der Waals surface area contributed by atoms with Crippen molar-refractivity contribution in [3.63, 3.8) is 0 Å². The Kier molecular flexibility index (Phi) is 6.19. The smallest absolute Gasteiger partial charge is 0.282 e. The fourth-order valence-electron chi connectivity index (χ4n) is 4.40. The number of rotatable bonds is 6. The first-order valence-corrected chi connectivity index (χ1v) is 11.4. The molecule has 0 bridgehead atoms. The summed E-state index contributed by atoms with van der Waals surface area (Å²) in [6.45, 7) is 11.2. The van der Waals surface area contributed by atoms with Crippen molar-refractivity contribution in [2.24, 2.45) is 0 Å². The number of imide groups is 1. The van der Waals surface area contributed by atoms with E-state index in [4.69, 9.17) is 0 Å². The largest absolute Gasteiger partial charge is 0.362 e. The van der Waals surface area contributed by atoms with Crippen LogP contribution in [0.2, 0.25) is 0 Å². The topological polar surface area (TPSA) is 40.6 Å². The molecule has 0 fully saturated rings. The third-order valence-corrected chi connectivity index (χ3v) is 6.36. The predicted molar refractivity (Wildman–Crippen MR) is 134 cm³/mol. The van der Waals surface area contributed by atoms with E-state index in [1.54, 1.807) is 0 Å². The number of anilines is 1. The number of benzene rings is 3. The third-order valence-electron chi connectivity index (χ3n) is 6.36. The lowest BCUT2D eigenvalue weighted by atomic mass is 9.99. The highest BCUT2D eigenvalue weighted by Gasteiger charge is 2.42. The summed E-state index contributed by atoms with van der Waals surface area (Å²) in [6.07, 6.45) is 0. The van der Waals surface area contributed by atoms with E-state index in [2.05, 4.69) is 0 Å². The monoisotopic (exact) mass is 438 g/mol. The summed E-state index contributed by atoms with van der Waals surface area (Å²) in [5.74, 6) is -0.533. The van der Waals surface area contributed by atoms with Gasteiger partial charge < -0.3 is 4.90 Å². The molecule has 1 aliphatic rings. The molecule has 33 heavy (non-hydrogen) atoms. The molecular formula is C29H30N2O2. The van der Waals surface area contributed by atoms with Crippen LogP contribution in [-0.2, 0) is 16.1 Å². The van der Waals surface area contributed by atoms with Gasteiger partial charge in [-0.25, -0.2) is 4.90 Å². The summed E-state index contributed by atoms with van der Waals surface area (Å²) in [6, 6.07) is 21.8. The molecule has 4 heteroatoms. The van der Waals surface area contributed by atoms with Crippen molar-refractivity contribution in [1.29, 1.82) is 0 Å². The molecule has 0 atom stereocenters. The van der Waals surface area contributed by atoms with Gasteiger partial charge in [0.2, 0.25) is 0 Å². The highest BCUT2D eigenvalue weighted by molar-refractivity contribution is 6.45. The molecule has 4 rings (SSSR count). The summed E-state index contributed by atoms with van der Waals surface area (Å²) in [5.41, 5.74) is 7.71. The second kappa shape index (κ2) is 9.07. The van der Waals surface area contributed by atoms with Crippen molar-refractivity contribution in [3.8, 4) is 0 Å². The quantitative estimate of drug-likeness (QED) is 0.462. The summed E-state index contributed by atoms with van der Waals surface area (Å²) in [7, 11) is 0. The number of nitrogens with zero attached hydrogens (tertiary/aromatic N) is 2. The van der Waals surface area contributed by atoms with Gasteiger partial charge >= 0.3 is 0 Å². The zero-order chi connectivity index (χ0) is 23.7. The summed E-state index contributed by atoms with van der Waals surface area (Å²) < 4.78 is 0. The molecule has 3 aromatic carbocycles. The van der Waals surface area contributed by atoms with Crippen molar-refractivity contribution in [2.45, 2.75) is 41.2 Å². The fourth-order valence-corrected chi connectivity index (χ4v) is 4.40. The average molecular weight is 439 g/mol. The van der Waals surface area contributed by atoms with Crippen LogP contribution in [0.25, 0.3) is 5.57 Å². The zero-order valence-corrected chi connectivity index (χ0v) is 20.0. The van der Waals surface area contributed by atoms with E-state index in [0.29, 0.717) is 30.0 Å². The van der Waals surface area contributed by atoms with Gasteiger partial charge in [-0.3, -0.25) is 9.59 Å². The van der Waals surface area contributed by atoms with E-state index in [1.807, 2.05) is 106 Å². The van der Waals surface area contributed by atoms with Gasteiger partial charge in [0, 0.05) is 13.1 Å². The van der Waals surface area contributed by atoms with Gasteiger partial charge in [0.1, 0.15) is 5.70 Å². The van der Waals surface area contributed by atoms with E-state index in [-0.39, 0.29) is 11.8 Å². The number of carbonyl (C=O) groups is 2. The van der Waals surface area contributed by atoms with Crippen molar-refractivity contribution >= 4 is 23.1 Å². The molecule has 0 aromatic heterocycles. The number of carbonyl (C=O) groups excluding carboxylic acids is 2. The van der Waals surface area contributed by atoms with Crippen molar-refractivity contribution in [1.82, 2.24) is 4.90 Å². The van der Waals surface area contributed by atoms with E-state index in [1.165, 1.54) is 4.90 Å². The molecule has 0 saturated carbocycles. The van der Waals surface area contributed by atoms with Crippen LogP contribution >= 0.6 is 0 Å². The maximum Gasteiger partial charge on any atom is 0.282 e. The molecule has 3 aromatic rings. The summed E-state index contributed by atoms with van der Waals surface area (Å²) in [5, 5.41) is 0. The van der Waals surface area contributed by atoms with E-state index < -0.39 is 0 Å². The first-order chi connectivity index (χ1) is 15.8. The van der Waals surface area contributed by atoms with Crippen LogP contribution in [0, 0.1) is 27.7 Å². The Morgan fingerprint density at radius 2 is 1.48 bits per heavy atom. The minimum Gasteiger partial charge on any atom is -0.362 e. The molecule has 168 valence electrons. The normalized spacial score (nSPS) is 13.8. The van der Waals surface area contributed by atoms with Crippen LogP contribution in [0.4, 0.5) is 5.69 Å². The first-order valence-electron chi connectivity index (χ1n) is 11.4. The number of likely N-dealkylation sites (N-methyl/N-ethyl adjacent to an activating group) is 1. The number of amides is 2. The van der Waals surface area contributed by atoms with Crippen LogP contribution in [0.1, 0.15) is 40.3 Å². The van der Waals surface area contributed by atoms with Crippen molar-refractivity contribution < 1.29 is 9.59 Å². The van der Waals surface area contributed by atoms with Crippen LogP contribution in [0.3, 0.4) is 0 Å². The van der Waals surface area contributed by atoms with Gasteiger partial charge in [0.05, 0.1) is 11.3 Å². The Bertz CT molecular complexity index is 1260. The second-order valence-corrected chi connectivity index (χ2v) is 8.76. The van der Waals surface area contributed by atoms with Crippen LogP contribution in [0.15, 0.2) is 72.4 Å². The Labute approximate surface area is 196 Å². The van der Waals surface area contributed by atoms with E-state index >= 15 is 0 Å². The maximum atomic E-state index is 13.9. The molecule has 1 aliphatic heterocycles. The highest BCUT2D eigenvalue weighted by atomic mass is 16.2. The lowest BCUT2D eigenvalue weighted by molar-refractivity contribution is -0.120. The molecule has 0 N–H and O–H groups in total. The molecule has 2 amide bonds. The molecular weight excluding hydrogens is 408 g/mol. The van der Waals surface area contributed by atoms with Crippen molar-refractivity contribution in [2.75, 3.05) is 11.4 Å². The number of aryl methyl sites for hydroxylation is 4. The third kappa shape index (κ3) is 4.21. The van der Waals surface area contributed by atoms with Gasteiger partial charge in [0.25, 0.3) is 11.8 Å². The van der Waals surface area contributed by atoms with Gasteiger partial charge in [-0.1, -0.05) is 66.2 Å². The summed E-state index contributed by atoms with van der Waals surface area (Å²) >= 11 is 0. The molecule has 4 nitrogen and oxygen atoms in total. The SMILES string of the molecule is CCN(Cc1ccccc1)C1=C(c2ccc(C)c(C)c2)C(=O)N(c2ccc(C)cc2C)C1=O.